The van der Waals surface area contributed by atoms with Crippen LogP contribution in [0.15, 0.2) is 58.3 Å². The van der Waals surface area contributed by atoms with Crippen molar-refractivity contribution in [2.75, 3.05) is 13.2 Å². The Balaban J connectivity index is 1.91. The lowest BCUT2D eigenvalue weighted by molar-refractivity contribution is 0.0715. The van der Waals surface area contributed by atoms with E-state index in [0.717, 1.165) is 11.1 Å². The first-order chi connectivity index (χ1) is 13.0. The highest BCUT2D eigenvalue weighted by molar-refractivity contribution is 7.87. The lowest BCUT2D eigenvalue weighted by atomic mass is 10.2. The summed E-state index contributed by atoms with van der Waals surface area (Å²) >= 11 is 0. The largest absolute Gasteiger partial charge is 0.389 e. The Morgan fingerprint density at radius 3 is 1.54 bits per heavy atom. The van der Waals surface area contributed by atoms with Crippen molar-refractivity contribution in [3.8, 4) is 0 Å². The van der Waals surface area contributed by atoms with Crippen LogP contribution in [-0.2, 0) is 28.6 Å². The van der Waals surface area contributed by atoms with Gasteiger partial charge in [0, 0.05) is 0 Å². The van der Waals surface area contributed by atoms with E-state index in [9.17, 15) is 21.9 Å². The molecule has 2 aromatic rings. The molecule has 0 spiro atoms. The molecule has 2 aromatic carbocycles. The maximum Gasteiger partial charge on any atom is 0.297 e. The van der Waals surface area contributed by atoms with Gasteiger partial charge in [-0.3, -0.25) is 8.37 Å². The van der Waals surface area contributed by atoms with Gasteiger partial charge in [-0.15, -0.1) is 0 Å². The molecule has 10 heteroatoms. The fourth-order valence-electron chi connectivity index (χ4n) is 2.11. The van der Waals surface area contributed by atoms with Gasteiger partial charge in [-0.1, -0.05) is 35.4 Å². The van der Waals surface area contributed by atoms with Gasteiger partial charge in [0.15, 0.2) is 0 Å². The van der Waals surface area contributed by atoms with Crippen LogP contribution in [0.3, 0.4) is 0 Å². The minimum absolute atomic E-state index is 0.0435. The second-order valence-corrected chi connectivity index (χ2v) is 9.57. The Labute approximate surface area is 165 Å². The number of aliphatic hydroxyl groups is 1. The Hall–Kier alpha value is -1.82. The average molecular weight is 430 g/mol. The van der Waals surface area contributed by atoms with Crippen LogP contribution in [0.1, 0.15) is 11.1 Å². The molecule has 0 amide bonds. The third-order valence-electron chi connectivity index (χ3n) is 3.92. The van der Waals surface area contributed by atoms with Crippen molar-refractivity contribution in [2.45, 2.75) is 35.8 Å². The first-order valence-electron chi connectivity index (χ1n) is 8.37. The van der Waals surface area contributed by atoms with Gasteiger partial charge in [0.05, 0.1) is 35.2 Å². The molecular weight excluding hydrogens is 406 g/mol. The predicted octanol–water partition coefficient (Wildman–Crippen LogP) is 1.10. The molecule has 0 heterocycles. The molecule has 28 heavy (non-hydrogen) atoms. The van der Waals surface area contributed by atoms with Crippen LogP contribution in [0.25, 0.3) is 0 Å². The van der Waals surface area contributed by atoms with E-state index in [1.165, 1.54) is 24.3 Å². The summed E-state index contributed by atoms with van der Waals surface area (Å²) in [5, 5.41) is 9.99. The van der Waals surface area contributed by atoms with Crippen molar-refractivity contribution < 1.29 is 30.3 Å². The monoisotopic (exact) mass is 429 g/mol. The number of rotatable bonds is 9. The quantitative estimate of drug-likeness (QED) is 0.566. The SMILES string of the molecule is Cc1ccc(S(=O)(=O)OCC(O)[C@@H](N)COS(=O)(=O)c2ccc(C)cc2)cc1. The number of benzene rings is 2. The minimum atomic E-state index is -4.07. The van der Waals surface area contributed by atoms with Gasteiger partial charge in [0.2, 0.25) is 0 Å². The average Bonchev–Trinajstić information content (AvgIpc) is 2.65. The van der Waals surface area contributed by atoms with Gasteiger partial charge in [-0.2, -0.15) is 16.8 Å². The number of hydrogen-bond acceptors (Lipinski definition) is 8. The van der Waals surface area contributed by atoms with Crippen molar-refractivity contribution >= 4 is 20.2 Å². The maximum absolute atomic E-state index is 12.1. The number of nitrogens with two attached hydrogens (primary N) is 1. The zero-order valence-electron chi connectivity index (χ0n) is 15.5. The van der Waals surface area contributed by atoms with Crippen LogP contribution < -0.4 is 5.73 Å². The molecule has 0 fully saturated rings. The van der Waals surface area contributed by atoms with Gasteiger partial charge in [-0.25, -0.2) is 0 Å². The van der Waals surface area contributed by atoms with Gasteiger partial charge >= 0.3 is 0 Å². The molecule has 0 saturated carbocycles. The molecule has 0 aliphatic rings. The second-order valence-electron chi connectivity index (χ2n) is 6.33. The molecule has 0 aromatic heterocycles. The summed E-state index contributed by atoms with van der Waals surface area (Å²) in [7, 11) is -8.12. The van der Waals surface area contributed by atoms with Crippen molar-refractivity contribution in [2.24, 2.45) is 5.73 Å². The zero-order valence-corrected chi connectivity index (χ0v) is 17.1. The van der Waals surface area contributed by atoms with E-state index in [1.54, 1.807) is 24.3 Å². The standard InChI is InChI=1S/C18H23NO7S2/c1-13-3-7-15(8-4-13)27(21,22)25-11-17(19)18(20)12-26-28(23,24)16-9-5-14(2)6-10-16/h3-10,17-18,20H,11-12,19H2,1-2H3/t17-,18?/m0/s1. The summed E-state index contributed by atoms with van der Waals surface area (Å²) in [4.78, 5) is -0.102. The van der Waals surface area contributed by atoms with E-state index in [0.29, 0.717) is 0 Å². The van der Waals surface area contributed by atoms with Crippen LogP contribution in [0.4, 0.5) is 0 Å². The van der Waals surface area contributed by atoms with Crippen LogP contribution >= 0.6 is 0 Å². The van der Waals surface area contributed by atoms with Gasteiger partial charge < -0.3 is 10.8 Å². The highest BCUT2D eigenvalue weighted by Crippen LogP contribution is 2.15. The zero-order chi connectivity index (χ0) is 20.9. The summed E-state index contributed by atoms with van der Waals surface area (Å²) in [6.45, 7) is 2.45. The molecule has 0 saturated heterocycles. The molecule has 1 unspecified atom stereocenters. The fraction of sp³-hybridized carbons (Fsp3) is 0.333. The molecule has 154 valence electrons. The molecule has 0 aliphatic carbocycles. The first-order valence-corrected chi connectivity index (χ1v) is 11.2. The van der Waals surface area contributed by atoms with Gasteiger partial charge in [0.25, 0.3) is 20.2 Å². The van der Waals surface area contributed by atoms with Crippen LogP contribution in [0, 0.1) is 13.8 Å². The van der Waals surface area contributed by atoms with E-state index in [1.807, 2.05) is 13.8 Å². The number of aliphatic hydroxyl groups excluding tert-OH is 1. The predicted molar refractivity (Wildman–Crippen MR) is 103 cm³/mol. The number of aryl methyl sites for hydroxylation is 2. The minimum Gasteiger partial charge on any atom is -0.389 e. The van der Waals surface area contributed by atoms with Crippen LogP contribution in [-0.4, -0.2) is 47.3 Å². The molecule has 3 N–H and O–H groups in total. The third-order valence-corrected chi connectivity index (χ3v) is 6.51. The highest BCUT2D eigenvalue weighted by atomic mass is 32.2. The van der Waals surface area contributed by atoms with Crippen molar-refractivity contribution in [3.63, 3.8) is 0 Å². The van der Waals surface area contributed by atoms with E-state index >= 15 is 0 Å². The molecular formula is C18H23NO7S2. The number of hydrogen-bond donors (Lipinski definition) is 2. The Bertz CT molecular complexity index is 902. The van der Waals surface area contributed by atoms with Crippen molar-refractivity contribution in [1.29, 1.82) is 0 Å². The maximum atomic E-state index is 12.1. The van der Waals surface area contributed by atoms with E-state index in [-0.39, 0.29) is 9.79 Å². The lowest BCUT2D eigenvalue weighted by Crippen LogP contribution is -2.42. The molecule has 2 atom stereocenters. The molecule has 8 nitrogen and oxygen atoms in total. The van der Waals surface area contributed by atoms with Gasteiger partial charge in [-0.05, 0) is 38.1 Å². The normalized spacial score (nSPS) is 14.6. The summed E-state index contributed by atoms with van der Waals surface area (Å²) < 4.78 is 58.1. The van der Waals surface area contributed by atoms with Crippen molar-refractivity contribution in [3.05, 3.63) is 59.7 Å². The van der Waals surface area contributed by atoms with E-state index in [2.05, 4.69) is 0 Å². The Morgan fingerprint density at radius 1 is 0.786 bits per heavy atom. The third kappa shape index (κ3) is 6.09. The first kappa shape index (κ1) is 22.5. The van der Waals surface area contributed by atoms with Crippen LogP contribution in [0.5, 0.6) is 0 Å². The Kier molecular flexibility index (Phi) is 7.32. The molecule has 0 aliphatic heterocycles. The summed E-state index contributed by atoms with van der Waals surface area (Å²) in [6.07, 6.45) is -1.45. The molecule has 0 radical (unpaired) electrons. The molecule has 0 bridgehead atoms. The molecule has 2 rings (SSSR count). The summed E-state index contributed by atoms with van der Waals surface area (Å²) in [6, 6.07) is 10.8. The lowest BCUT2D eigenvalue weighted by Gasteiger charge is -2.18. The summed E-state index contributed by atoms with van der Waals surface area (Å²) in [5.41, 5.74) is 7.47. The summed E-state index contributed by atoms with van der Waals surface area (Å²) in [5.74, 6) is 0. The van der Waals surface area contributed by atoms with Crippen molar-refractivity contribution in [1.82, 2.24) is 0 Å². The van der Waals surface area contributed by atoms with Gasteiger partial charge in [0.1, 0.15) is 0 Å². The smallest absolute Gasteiger partial charge is 0.297 e. The van der Waals surface area contributed by atoms with Crippen LogP contribution in [0.2, 0.25) is 0 Å². The topological polar surface area (TPSA) is 133 Å². The fourth-order valence-corrected chi connectivity index (χ4v) is 3.97. The van der Waals surface area contributed by atoms with E-state index < -0.39 is 45.6 Å². The Morgan fingerprint density at radius 2 is 1.14 bits per heavy atom. The second kappa shape index (κ2) is 9.12. The van der Waals surface area contributed by atoms with E-state index in [4.69, 9.17) is 14.1 Å². The highest BCUT2D eigenvalue weighted by Gasteiger charge is 2.24.